The molecule has 0 saturated heterocycles. The van der Waals surface area contributed by atoms with Crippen LogP contribution >= 0.6 is 15.9 Å². The molecule has 1 heterocycles. The van der Waals surface area contributed by atoms with E-state index in [1.807, 2.05) is 0 Å². The van der Waals surface area contributed by atoms with Crippen molar-refractivity contribution in [3.8, 4) is 0 Å². The highest BCUT2D eigenvalue weighted by Crippen LogP contribution is 2.28. The number of nitrogens with zero attached hydrogens (tertiary/aromatic N) is 1. The summed E-state index contributed by atoms with van der Waals surface area (Å²) in [5.41, 5.74) is 1.15. The Balaban J connectivity index is 2.41. The van der Waals surface area contributed by atoms with Crippen molar-refractivity contribution < 1.29 is 17.9 Å². The standard InChI is InChI=1S/C14H16BrNO4S/c1-10-13(15)6-11(9-17)7-14(10)21(18,19)16(2)8-12-4-3-5-20-12/h3-7,17H,8-9H2,1-2H3. The van der Waals surface area contributed by atoms with Crippen LogP contribution in [-0.4, -0.2) is 24.9 Å². The molecular formula is C14H16BrNO4S. The number of benzene rings is 1. The van der Waals surface area contributed by atoms with E-state index in [2.05, 4.69) is 15.9 Å². The Labute approximate surface area is 132 Å². The number of rotatable bonds is 5. The summed E-state index contributed by atoms with van der Waals surface area (Å²) in [6, 6.07) is 6.64. The molecule has 5 nitrogen and oxygen atoms in total. The molecule has 2 rings (SSSR count). The highest BCUT2D eigenvalue weighted by atomic mass is 79.9. The van der Waals surface area contributed by atoms with Gasteiger partial charge in [0.05, 0.1) is 24.3 Å². The Morgan fingerprint density at radius 2 is 2.10 bits per heavy atom. The van der Waals surface area contributed by atoms with E-state index in [4.69, 9.17) is 4.42 Å². The van der Waals surface area contributed by atoms with Crippen molar-refractivity contribution in [1.29, 1.82) is 0 Å². The molecule has 0 saturated carbocycles. The van der Waals surface area contributed by atoms with Crippen LogP contribution in [0.25, 0.3) is 0 Å². The average molecular weight is 374 g/mol. The number of hydrogen-bond donors (Lipinski definition) is 1. The number of hydrogen-bond acceptors (Lipinski definition) is 4. The Hall–Kier alpha value is -1.15. The molecule has 21 heavy (non-hydrogen) atoms. The molecule has 0 bridgehead atoms. The SMILES string of the molecule is Cc1c(Br)cc(CO)cc1S(=O)(=O)N(C)Cc1ccco1. The van der Waals surface area contributed by atoms with Crippen molar-refractivity contribution >= 4 is 26.0 Å². The molecule has 114 valence electrons. The molecule has 0 fully saturated rings. The summed E-state index contributed by atoms with van der Waals surface area (Å²) in [7, 11) is -2.17. The molecule has 1 aromatic heterocycles. The van der Waals surface area contributed by atoms with Crippen LogP contribution in [0.3, 0.4) is 0 Å². The maximum absolute atomic E-state index is 12.7. The van der Waals surface area contributed by atoms with Gasteiger partial charge < -0.3 is 9.52 Å². The molecule has 0 aliphatic heterocycles. The summed E-state index contributed by atoms with van der Waals surface area (Å²) in [6.45, 7) is 1.65. The first kappa shape index (κ1) is 16.2. The Morgan fingerprint density at radius 3 is 2.67 bits per heavy atom. The second kappa shape index (κ2) is 6.31. The van der Waals surface area contributed by atoms with Gasteiger partial charge in [-0.25, -0.2) is 8.42 Å². The van der Waals surface area contributed by atoms with Crippen molar-refractivity contribution in [3.05, 3.63) is 51.9 Å². The molecule has 0 amide bonds. The second-order valence-electron chi connectivity index (χ2n) is 4.70. The van der Waals surface area contributed by atoms with Crippen LogP contribution in [0.5, 0.6) is 0 Å². The predicted octanol–water partition coefficient (Wildman–Crippen LogP) is 2.66. The van der Waals surface area contributed by atoms with E-state index in [0.29, 0.717) is 21.4 Å². The summed E-state index contributed by atoms with van der Waals surface area (Å²) in [5.74, 6) is 0.566. The van der Waals surface area contributed by atoms with Gasteiger partial charge in [0.1, 0.15) is 5.76 Å². The summed E-state index contributed by atoms with van der Waals surface area (Å²) < 4.78 is 32.4. The van der Waals surface area contributed by atoms with E-state index >= 15 is 0 Å². The molecule has 0 aliphatic carbocycles. The minimum atomic E-state index is -3.67. The van der Waals surface area contributed by atoms with Crippen molar-refractivity contribution in [2.24, 2.45) is 0 Å². The lowest BCUT2D eigenvalue weighted by Crippen LogP contribution is -2.27. The molecule has 7 heteroatoms. The van der Waals surface area contributed by atoms with Gasteiger partial charge in [0.25, 0.3) is 0 Å². The number of aliphatic hydroxyl groups is 1. The minimum Gasteiger partial charge on any atom is -0.468 e. The van der Waals surface area contributed by atoms with Crippen molar-refractivity contribution in [1.82, 2.24) is 4.31 Å². The van der Waals surface area contributed by atoms with E-state index in [1.54, 1.807) is 25.1 Å². The largest absolute Gasteiger partial charge is 0.468 e. The highest BCUT2D eigenvalue weighted by molar-refractivity contribution is 9.10. The van der Waals surface area contributed by atoms with Crippen molar-refractivity contribution in [2.75, 3.05) is 7.05 Å². The third-order valence-electron chi connectivity index (χ3n) is 3.19. The number of furan rings is 1. The first-order chi connectivity index (χ1) is 9.86. The van der Waals surface area contributed by atoms with Gasteiger partial charge in [0.15, 0.2) is 0 Å². The first-order valence-electron chi connectivity index (χ1n) is 6.25. The van der Waals surface area contributed by atoms with Gasteiger partial charge in [-0.1, -0.05) is 15.9 Å². The molecule has 0 spiro atoms. The van der Waals surface area contributed by atoms with Gasteiger partial charge in [-0.2, -0.15) is 4.31 Å². The molecule has 0 aliphatic rings. The third-order valence-corrected chi connectivity index (χ3v) is 5.94. The van der Waals surface area contributed by atoms with Gasteiger partial charge in [0.2, 0.25) is 10.0 Å². The molecule has 0 unspecified atom stereocenters. The van der Waals surface area contributed by atoms with Crippen LogP contribution in [0, 0.1) is 6.92 Å². The van der Waals surface area contributed by atoms with Crippen LogP contribution in [0.1, 0.15) is 16.9 Å². The lowest BCUT2D eigenvalue weighted by atomic mass is 10.2. The van der Waals surface area contributed by atoms with Gasteiger partial charge in [-0.15, -0.1) is 0 Å². The van der Waals surface area contributed by atoms with Crippen LogP contribution in [0.2, 0.25) is 0 Å². The lowest BCUT2D eigenvalue weighted by Gasteiger charge is -2.18. The van der Waals surface area contributed by atoms with Crippen molar-refractivity contribution in [3.63, 3.8) is 0 Å². The fourth-order valence-corrected chi connectivity index (χ4v) is 4.01. The first-order valence-corrected chi connectivity index (χ1v) is 8.48. The normalized spacial score (nSPS) is 12.0. The quantitative estimate of drug-likeness (QED) is 0.874. The molecule has 2 aromatic rings. The molecule has 0 atom stereocenters. The van der Waals surface area contributed by atoms with Gasteiger partial charge >= 0.3 is 0 Å². The highest BCUT2D eigenvalue weighted by Gasteiger charge is 2.25. The van der Waals surface area contributed by atoms with Crippen LogP contribution in [-0.2, 0) is 23.2 Å². The van der Waals surface area contributed by atoms with Crippen LogP contribution in [0.4, 0.5) is 0 Å². The van der Waals surface area contributed by atoms with Crippen LogP contribution < -0.4 is 0 Å². The lowest BCUT2D eigenvalue weighted by molar-refractivity contribution is 0.281. The molecule has 1 N–H and O–H groups in total. The zero-order valence-electron chi connectivity index (χ0n) is 11.7. The molecule has 1 aromatic carbocycles. The Bertz CT molecular complexity index is 726. The number of aliphatic hydroxyl groups excluding tert-OH is 1. The Morgan fingerprint density at radius 1 is 1.38 bits per heavy atom. The van der Waals surface area contributed by atoms with Gasteiger partial charge in [0, 0.05) is 11.5 Å². The molecular weight excluding hydrogens is 358 g/mol. The van der Waals surface area contributed by atoms with Crippen molar-refractivity contribution in [2.45, 2.75) is 25.0 Å². The summed E-state index contributed by atoms with van der Waals surface area (Å²) in [5, 5.41) is 9.24. The Kier molecular flexibility index (Phi) is 4.88. The van der Waals surface area contributed by atoms with Gasteiger partial charge in [-0.3, -0.25) is 0 Å². The van der Waals surface area contributed by atoms with E-state index in [1.165, 1.54) is 23.7 Å². The second-order valence-corrected chi connectivity index (χ2v) is 7.57. The zero-order valence-corrected chi connectivity index (χ0v) is 14.1. The minimum absolute atomic E-state index is 0.149. The summed E-state index contributed by atoms with van der Waals surface area (Å²) in [4.78, 5) is 0.176. The fourth-order valence-electron chi connectivity index (χ4n) is 1.94. The van der Waals surface area contributed by atoms with Crippen LogP contribution in [0.15, 0.2) is 44.3 Å². The predicted molar refractivity (Wildman–Crippen MR) is 82.2 cm³/mol. The zero-order chi connectivity index (χ0) is 15.6. The number of sulfonamides is 1. The van der Waals surface area contributed by atoms with E-state index in [9.17, 15) is 13.5 Å². The average Bonchev–Trinajstić information content (AvgIpc) is 2.94. The third kappa shape index (κ3) is 3.37. The summed E-state index contributed by atoms with van der Waals surface area (Å²) >= 11 is 3.33. The number of halogens is 1. The maximum Gasteiger partial charge on any atom is 0.243 e. The smallest absolute Gasteiger partial charge is 0.243 e. The van der Waals surface area contributed by atoms with E-state index in [-0.39, 0.29) is 18.0 Å². The van der Waals surface area contributed by atoms with Gasteiger partial charge in [-0.05, 0) is 42.3 Å². The van der Waals surface area contributed by atoms with E-state index < -0.39 is 10.0 Å². The maximum atomic E-state index is 12.7. The monoisotopic (exact) mass is 373 g/mol. The molecule has 0 radical (unpaired) electrons. The topological polar surface area (TPSA) is 70.8 Å². The summed E-state index contributed by atoms with van der Waals surface area (Å²) in [6.07, 6.45) is 1.50. The van der Waals surface area contributed by atoms with E-state index in [0.717, 1.165) is 0 Å². The fraction of sp³-hybridized carbons (Fsp3) is 0.286.